The Morgan fingerprint density at radius 3 is 2.51 bits per heavy atom. The molecule has 2 aliphatic heterocycles. The Bertz CT molecular complexity index is 4210. The maximum absolute atomic E-state index is 15.6. The number of benzene rings is 5. The van der Waals surface area contributed by atoms with Gasteiger partial charge in [-0.25, -0.2) is 0 Å². The molecule has 15 nitrogen and oxygen atoms in total. The molecule has 486 valence electrons. The number of aromatic amines is 1. The van der Waals surface area contributed by atoms with Gasteiger partial charge in [0.15, 0.2) is 11.5 Å². The second-order valence-electron chi connectivity index (χ2n) is 26.6. The van der Waals surface area contributed by atoms with Gasteiger partial charge in [-0.15, -0.1) is 0 Å². The number of aromatic hydroxyl groups is 3. The predicted molar refractivity (Wildman–Crippen MR) is 362 cm³/mol. The van der Waals surface area contributed by atoms with Crippen molar-refractivity contribution in [2.24, 2.45) is 17.3 Å². The minimum atomic E-state index is -0.819. The predicted octanol–water partition coefficient (Wildman–Crippen LogP) is 14.4. The van der Waals surface area contributed by atoms with E-state index in [1.165, 1.54) is 20.1 Å². The van der Waals surface area contributed by atoms with Crippen LogP contribution in [0.5, 0.6) is 34.5 Å². The fourth-order valence-corrected chi connectivity index (χ4v) is 16.3. The van der Waals surface area contributed by atoms with Crippen molar-refractivity contribution < 1.29 is 54.1 Å². The number of rotatable bonds is 14. The minimum absolute atomic E-state index is 0.0258. The summed E-state index contributed by atoms with van der Waals surface area (Å²) in [7, 11) is 1.47. The van der Waals surface area contributed by atoms with Gasteiger partial charge < -0.3 is 59.5 Å². The van der Waals surface area contributed by atoms with Crippen molar-refractivity contribution in [2.45, 2.75) is 146 Å². The van der Waals surface area contributed by atoms with Gasteiger partial charge in [-0.3, -0.25) is 14.4 Å². The Kier molecular flexibility index (Phi) is 18.5. The summed E-state index contributed by atoms with van der Waals surface area (Å²) in [4.78, 5) is 49.2. The molecule has 6 bridgehead atoms. The van der Waals surface area contributed by atoms with Crippen LogP contribution in [0.1, 0.15) is 172 Å². The van der Waals surface area contributed by atoms with Crippen LogP contribution in [0.4, 0.5) is 5.69 Å². The van der Waals surface area contributed by atoms with E-state index < -0.39 is 29.6 Å². The summed E-state index contributed by atoms with van der Waals surface area (Å²) >= 11 is 0. The largest absolute Gasteiger partial charge is 0.508 e. The topological polar surface area (TPSA) is 216 Å². The maximum Gasteiger partial charge on any atom is 0.302 e. The highest BCUT2D eigenvalue weighted by Gasteiger charge is 2.43. The molecule has 6 aliphatic rings. The number of H-pyrrole nitrogens is 1. The van der Waals surface area contributed by atoms with Crippen LogP contribution in [0.25, 0.3) is 10.8 Å². The molecular weight excluding hydrogens is 1180 g/mol. The number of hydrogen-bond acceptors (Lipinski definition) is 13. The first-order valence-corrected chi connectivity index (χ1v) is 33.5. The molecule has 94 heavy (non-hydrogen) atoms. The van der Waals surface area contributed by atoms with Crippen molar-refractivity contribution in [3.05, 3.63) is 208 Å². The molecule has 0 saturated heterocycles. The number of nitrogens with one attached hydrogen (secondary N) is 2. The number of nitrogens with zero attached hydrogens (tertiary/aromatic N) is 2. The van der Waals surface area contributed by atoms with Gasteiger partial charge >= 0.3 is 5.97 Å². The first-order valence-electron chi connectivity index (χ1n) is 33.5. The van der Waals surface area contributed by atoms with Crippen LogP contribution in [-0.4, -0.2) is 85.5 Å². The lowest BCUT2D eigenvalue weighted by atomic mass is 9.61. The van der Waals surface area contributed by atoms with Crippen molar-refractivity contribution in [1.29, 1.82) is 0 Å². The average molecular weight is 1270 g/mol. The average Bonchev–Trinajstić information content (AvgIpc) is 1.54. The first-order chi connectivity index (χ1) is 45.7. The molecule has 7 N–H and O–H groups in total. The molecule has 7 aromatic rings. The van der Waals surface area contributed by atoms with Crippen molar-refractivity contribution in [3.63, 3.8) is 0 Å². The smallest absolute Gasteiger partial charge is 0.302 e. The summed E-state index contributed by atoms with van der Waals surface area (Å²) in [5, 5.41) is 62.5. The maximum atomic E-state index is 15.6. The van der Waals surface area contributed by atoms with Crippen LogP contribution in [0.15, 0.2) is 163 Å². The van der Waals surface area contributed by atoms with E-state index in [0.29, 0.717) is 69.2 Å². The molecule has 0 radical (unpaired) electrons. The molecule has 4 heterocycles. The molecule has 1 spiro atoms. The number of aliphatic hydroxyl groups is 2. The Morgan fingerprint density at radius 1 is 0.872 bits per heavy atom. The van der Waals surface area contributed by atoms with E-state index in [9.17, 15) is 35.1 Å². The SMILES string of the molecule is COc1cc(C2CC(=O)CC(OC(C)=O)CCC34Cc5c[nH]cc5C(C#CCC3=CC=CC4C)C(c3cccc(O)c3)C3=CCNC(=C3)N(CCC(=O)C3CCCCC3)c3ccc4c5c(n2cc35)CCC4O)cc(O)c1Oc1cc(O)cc(C(CCO)c2ccccc2)c1. The number of fused-ring (bicyclic) bond motifs is 3. The van der Waals surface area contributed by atoms with Gasteiger partial charge in [0, 0.05) is 117 Å². The van der Waals surface area contributed by atoms with Gasteiger partial charge in [0.25, 0.3) is 0 Å². The van der Waals surface area contributed by atoms with Gasteiger partial charge in [0.2, 0.25) is 5.75 Å². The third-order valence-corrected chi connectivity index (χ3v) is 20.9. The van der Waals surface area contributed by atoms with Crippen molar-refractivity contribution in [1.82, 2.24) is 14.9 Å². The van der Waals surface area contributed by atoms with Gasteiger partial charge in [-0.2, -0.15) is 0 Å². The van der Waals surface area contributed by atoms with Crippen LogP contribution < -0.4 is 19.7 Å². The number of ketones is 2. The number of aliphatic hydroxyl groups excluding tert-OH is 2. The minimum Gasteiger partial charge on any atom is -0.508 e. The molecule has 8 atom stereocenters. The number of esters is 1. The zero-order valence-corrected chi connectivity index (χ0v) is 53.8. The number of dihydropyridines is 1. The van der Waals surface area contributed by atoms with Gasteiger partial charge in [0.05, 0.1) is 30.9 Å². The molecular formula is C79H84N4O11. The van der Waals surface area contributed by atoms with Crippen LogP contribution >= 0.6 is 0 Å². The van der Waals surface area contributed by atoms with E-state index >= 15 is 4.79 Å². The van der Waals surface area contributed by atoms with Gasteiger partial charge in [-0.1, -0.05) is 116 Å². The lowest BCUT2D eigenvalue weighted by molar-refractivity contribution is -0.148. The third-order valence-electron chi connectivity index (χ3n) is 20.9. The van der Waals surface area contributed by atoms with Crippen LogP contribution in [-0.2, 0) is 32.0 Å². The summed E-state index contributed by atoms with van der Waals surface area (Å²) in [6.07, 6.45) is 23.7. The van der Waals surface area contributed by atoms with Crippen molar-refractivity contribution in [3.8, 4) is 46.3 Å². The number of phenolic OH excluding ortho intramolecular Hbond substituents is 3. The Balaban J connectivity index is 0.995. The lowest BCUT2D eigenvalue weighted by Gasteiger charge is -2.43. The summed E-state index contributed by atoms with van der Waals surface area (Å²) in [5.74, 6) is 6.87. The van der Waals surface area contributed by atoms with E-state index in [4.69, 9.17) is 14.2 Å². The number of Topliss-reactive ketones (excluding diaryl/α,β-unsaturated/α-hetero) is 2. The standard InChI is InChI=1S/C79H84N4O11/c1-48-13-10-19-57-20-12-22-64-66-46-80-45-56(66)44-79(48,57)31-27-61(93-49(2)85)41-60(88)43-70(55-38-73(91)78(74(39-55)92-3)94-62-37-54(36-59(87)42-62)63(30-34-84)50-14-6-4-7-15-50)83-47-67-68(24-23-65-72(90)26-25-69(83)77(65)67)82(33-29-71(89)51-16-8-5-9-17-51)75-40-53(28-32-81-75)76(64)52-18-11-21-58(86)35-52/h4,6-7,10-11,13-15,18-19,21,23-24,28,35-40,42,45-48,51,61,63-64,70,72,76,80-81,84,86-87,90-91H,5,8-9,16-17,20,25-27,29-34,41,43-44H2,1-3H3. The lowest BCUT2D eigenvalue weighted by Crippen LogP contribution is -2.37. The van der Waals surface area contributed by atoms with Crippen LogP contribution in [0.2, 0.25) is 0 Å². The second kappa shape index (κ2) is 27.4. The van der Waals surface area contributed by atoms with Crippen molar-refractivity contribution >= 4 is 34.0 Å². The highest BCUT2D eigenvalue weighted by atomic mass is 16.5. The molecule has 1 saturated carbocycles. The van der Waals surface area contributed by atoms with E-state index in [2.05, 4.69) is 93.6 Å². The summed E-state index contributed by atoms with van der Waals surface area (Å²) in [5.41, 5.74) is 9.19. The molecule has 1 fully saturated rings. The number of aromatic nitrogens is 2. The highest BCUT2D eigenvalue weighted by molar-refractivity contribution is 6.00. The summed E-state index contributed by atoms with van der Waals surface area (Å²) in [6, 6.07) is 28.6. The van der Waals surface area contributed by atoms with E-state index in [1.54, 1.807) is 30.3 Å². The molecule has 2 aromatic heterocycles. The fourth-order valence-electron chi connectivity index (χ4n) is 16.3. The molecule has 8 unspecified atom stereocenters. The number of ether oxygens (including phenoxy) is 3. The molecule has 5 aromatic carbocycles. The highest BCUT2D eigenvalue weighted by Crippen LogP contribution is 2.53. The number of carbonyl (C=O) groups excluding carboxylic acids is 3. The summed E-state index contributed by atoms with van der Waals surface area (Å²) < 4.78 is 21.0. The number of methoxy groups -OCH3 is 1. The van der Waals surface area contributed by atoms with Crippen molar-refractivity contribution in [2.75, 3.05) is 31.7 Å². The zero-order valence-electron chi connectivity index (χ0n) is 53.8. The van der Waals surface area contributed by atoms with E-state index in [1.807, 2.05) is 54.6 Å². The molecule has 13 rings (SSSR count). The van der Waals surface area contributed by atoms with E-state index in [-0.39, 0.29) is 102 Å². The quantitative estimate of drug-likeness (QED) is 0.0399. The fraction of sp³-hybridized carbons (Fsp3) is 0.380. The third kappa shape index (κ3) is 12.8. The monoisotopic (exact) mass is 1260 g/mol. The normalized spacial score (nSPS) is 23.4. The number of hydrogen-bond donors (Lipinski definition) is 7. The van der Waals surface area contributed by atoms with E-state index in [0.717, 1.165) is 99.0 Å². The molecule has 0 amide bonds. The summed E-state index contributed by atoms with van der Waals surface area (Å²) in [6.45, 7) is 4.28. The second-order valence-corrected chi connectivity index (χ2v) is 26.6. The Hall–Kier alpha value is -9.23. The van der Waals surface area contributed by atoms with Crippen LogP contribution in [0, 0.1) is 29.1 Å². The number of aryl methyl sites for hydroxylation is 1. The number of allylic oxidation sites excluding steroid dienone is 6. The van der Waals surface area contributed by atoms with Crippen LogP contribution in [0.3, 0.4) is 0 Å². The first kappa shape index (κ1) is 63.5. The Labute approximate surface area is 549 Å². The zero-order chi connectivity index (χ0) is 65.2. The molecule has 15 heteroatoms. The van der Waals surface area contributed by atoms with Gasteiger partial charge in [-0.05, 0) is 150 Å². The number of anilines is 1. The van der Waals surface area contributed by atoms with Gasteiger partial charge in [0.1, 0.15) is 40.7 Å². The number of phenols is 3. The Morgan fingerprint density at radius 2 is 1.71 bits per heavy atom. The molecule has 4 aliphatic carbocycles. The number of carbonyl (C=O) groups is 3.